The molecule has 3 nitrogen and oxygen atoms in total. The molecule has 20 heavy (non-hydrogen) atoms. The van der Waals surface area contributed by atoms with Crippen LogP contribution in [-0.4, -0.2) is 29.2 Å². The zero-order valence-electron chi connectivity index (χ0n) is 11.8. The number of amides is 1. The molecule has 4 heteroatoms. The Morgan fingerprint density at radius 3 is 2.70 bits per heavy atom. The second-order valence-corrected chi connectivity index (χ2v) is 5.39. The van der Waals surface area contributed by atoms with Crippen LogP contribution in [-0.2, 0) is 4.79 Å². The lowest BCUT2D eigenvalue weighted by molar-refractivity contribution is -0.118. The van der Waals surface area contributed by atoms with Crippen LogP contribution in [0.2, 0.25) is 0 Å². The highest BCUT2D eigenvalue weighted by atomic mass is 19.1. The third-order valence-corrected chi connectivity index (χ3v) is 3.77. The molecule has 1 unspecified atom stereocenters. The molecule has 0 N–H and O–H groups in total. The first-order valence-electron chi connectivity index (χ1n) is 7.14. The smallest absolute Gasteiger partial charge is 0.257 e. The van der Waals surface area contributed by atoms with Gasteiger partial charge in [0.1, 0.15) is 11.6 Å². The summed E-state index contributed by atoms with van der Waals surface area (Å²) in [5.74, 6) is -0.720. The third-order valence-electron chi connectivity index (χ3n) is 3.77. The highest BCUT2D eigenvalue weighted by Crippen LogP contribution is 2.22. The maximum absolute atomic E-state index is 13.8. The average molecular weight is 277 g/mol. The van der Waals surface area contributed by atoms with Crippen molar-refractivity contribution in [1.29, 1.82) is 0 Å². The minimum atomic E-state index is -0.497. The molecule has 1 heterocycles. The minimum absolute atomic E-state index is 0.0724. The molecule has 1 aromatic carbocycles. The van der Waals surface area contributed by atoms with Gasteiger partial charge in [0.25, 0.3) is 5.91 Å². The second kappa shape index (κ2) is 6.64. The Bertz CT molecular complexity index is 501. The molecule has 1 fully saturated rings. The number of hydrogen-bond donors (Lipinski definition) is 0. The monoisotopic (exact) mass is 277 g/mol. The predicted molar refractivity (Wildman–Crippen MR) is 75.0 cm³/mol. The number of nitrogens with zero attached hydrogens (tertiary/aromatic N) is 1. The number of Topliss-reactive ketones (excluding diaryl/α,β-unsaturated/α-hetero) is 1. The van der Waals surface area contributed by atoms with Crippen molar-refractivity contribution in [3.63, 3.8) is 0 Å². The summed E-state index contributed by atoms with van der Waals surface area (Å²) in [7, 11) is 0. The van der Waals surface area contributed by atoms with Gasteiger partial charge in [0.05, 0.1) is 5.56 Å². The highest BCUT2D eigenvalue weighted by molar-refractivity contribution is 5.95. The van der Waals surface area contributed by atoms with Gasteiger partial charge in [-0.15, -0.1) is 0 Å². The Balaban J connectivity index is 2.24. The van der Waals surface area contributed by atoms with Gasteiger partial charge < -0.3 is 4.90 Å². The summed E-state index contributed by atoms with van der Waals surface area (Å²) in [6.45, 7) is 2.14. The number of carbonyl (C=O) groups excluding carboxylic acids is 2. The molecule has 1 amide bonds. The van der Waals surface area contributed by atoms with Crippen LogP contribution < -0.4 is 0 Å². The van der Waals surface area contributed by atoms with Crippen molar-refractivity contribution < 1.29 is 14.0 Å². The second-order valence-electron chi connectivity index (χ2n) is 5.39. The summed E-state index contributed by atoms with van der Waals surface area (Å²) in [6.07, 6.45) is 4.16. The lowest BCUT2D eigenvalue weighted by Crippen LogP contribution is -2.41. The van der Waals surface area contributed by atoms with Crippen LogP contribution in [0.1, 0.15) is 49.4 Å². The minimum Gasteiger partial charge on any atom is -0.335 e. The summed E-state index contributed by atoms with van der Waals surface area (Å²) < 4.78 is 13.8. The number of ketones is 1. The van der Waals surface area contributed by atoms with Crippen molar-refractivity contribution in [2.45, 2.75) is 45.1 Å². The predicted octanol–water partition coefficient (Wildman–Crippen LogP) is 3.19. The number of hydrogen-bond acceptors (Lipinski definition) is 2. The van der Waals surface area contributed by atoms with Crippen LogP contribution in [0.3, 0.4) is 0 Å². The number of carbonyl (C=O) groups is 2. The fourth-order valence-corrected chi connectivity index (χ4v) is 2.78. The van der Waals surface area contributed by atoms with Crippen molar-refractivity contribution >= 4 is 11.7 Å². The van der Waals surface area contributed by atoms with Gasteiger partial charge >= 0.3 is 0 Å². The van der Waals surface area contributed by atoms with E-state index in [0.717, 1.165) is 25.7 Å². The Morgan fingerprint density at radius 2 is 2.00 bits per heavy atom. The molecule has 108 valence electrons. The maximum atomic E-state index is 13.8. The topological polar surface area (TPSA) is 37.4 Å². The average Bonchev–Trinajstić information content (AvgIpc) is 2.63. The van der Waals surface area contributed by atoms with Gasteiger partial charge in [-0.3, -0.25) is 9.59 Å². The van der Waals surface area contributed by atoms with E-state index in [9.17, 15) is 14.0 Å². The van der Waals surface area contributed by atoms with Gasteiger partial charge in [-0.1, -0.05) is 25.0 Å². The lowest BCUT2D eigenvalue weighted by atomic mass is 10.0. The summed E-state index contributed by atoms with van der Waals surface area (Å²) in [5, 5.41) is 0. The van der Waals surface area contributed by atoms with Crippen molar-refractivity contribution in [2.24, 2.45) is 0 Å². The molecule has 0 aromatic heterocycles. The molecule has 1 aliphatic heterocycles. The molecule has 0 bridgehead atoms. The molecule has 1 aliphatic rings. The fraction of sp³-hybridized carbons (Fsp3) is 0.500. The van der Waals surface area contributed by atoms with Crippen molar-refractivity contribution in [3.05, 3.63) is 35.6 Å². The van der Waals surface area contributed by atoms with E-state index in [4.69, 9.17) is 0 Å². The van der Waals surface area contributed by atoms with Crippen molar-refractivity contribution in [1.82, 2.24) is 4.90 Å². The molecule has 0 saturated carbocycles. The van der Waals surface area contributed by atoms with Gasteiger partial charge in [-0.2, -0.15) is 0 Å². The molecule has 0 radical (unpaired) electrons. The van der Waals surface area contributed by atoms with E-state index in [-0.39, 0.29) is 23.3 Å². The fourth-order valence-electron chi connectivity index (χ4n) is 2.78. The third kappa shape index (κ3) is 3.44. The molecule has 0 spiro atoms. The van der Waals surface area contributed by atoms with Gasteiger partial charge in [0, 0.05) is 19.0 Å². The molecule has 0 aliphatic carbocycles. The quantitative estimate of drug-likeness (QED) is 0.851. The summed E-state index contributed by atoms with van der Waals surface area (Å²) in [6, 6.07) is 5.94. The van der Waals surface area contributed by atoms with E-state index in [1.165, 1.54) is 19.1 Å². The first-order chi connectivity index (χ1) is 9.59. The van der Waals surface area contributed by atoms with E-state index in [0.29, 0.717) is 13.0 Å². The number of rotatable bonds is 3. The van der Waals surface area contributed by atoms with Crippen LogP contribution in [0.4, 0.5) is 4.39 Å². The Kier molecular flexibility index (Phi) is 4.88. The number of halogens is 1. The van der Waals surface area contributed by atoms with E-state index in [2.05, 4.69) is 0 Å². The molecule has 2 rings (SSSR count). The van der Waals surface area contributed by atoms with Crippen LogP contribution in [0.15, 0.2) is 24.3 Å². The molecular formula is C16H20FNO2. The molecule has 1 atom stereocenters. The normalized spacial score (nSPS) is 19.5. The highest BCUT2D eigenvalue weighted by Gasteiger charge is 2.28. The van der Waals surface area contributed by atoms with Crippen LogP contribution in [0, 0.1) is 5.82 Å². The van der Waals surface area contributed by atoms with Gasteiger partial charge in [0.15, 0.2) is 0 Å². The van der Waals surface area contributed by atoms with Crippen molar-refractivity contribution in [3.8, 4) is 0 Å². The van der Waals surface area contributed by atoms with E-state index in [1.54, 1.807) is 17.0 Å². The largest absolute Gasteiger partial charge is 0.335 e. The number of likely N-dealkylation sites (tertiary alicyclic amines) is 1. The SMILES string of the molecule is CC(=O)CC1CCCCCN1C(=O)c1ccccc1F. The van der Waals surface area contributed by atoms with Crippen molar-refractivity contribution in [2.75, 3.05) is 6.54 Å². The Morgan fingerprint density at radius 1 is 1.25 bits per heavy atom. The first-order valence-corrected chi connectivity index (χ1v) is 7.14. The van der Waals surface area contributed by atoms with Crippen LogP contribution in [0.25, 0.3) is 0 Å². The number of benzene rings is 1. The molecule has 1 aromatic rings. The lowest BCUT2D eigenvalue weighted by Gasteiger charge is -2.29. The van der Waals surface area contributed by atoms with Crippen LogP contribution in [0.5, 0.6) is 0 Å². The van der Waals surface area contributed by atoms with Gasteiger partial charge in [-0.25, -0.2) is 4.39 Å². The van der Waals surface area contributed by atoms with E-state index < -0.39 is 5.82 Å². The zero-order chi connectivity index (χ0) is 14.5. The Labute approximate surface area is 118 Å². The van der Waals surface area contributed by atoms with Gasteiger partial charge in [-0.05, 0) is 31.9 Å². The molecule has 1 saturated heterocycles. The Hall–Kier alpha value is -1.71. The zero-order valence-corrected chi connectivity index (χ0v) is 11.8. The first kappa shape index (κ1) is 14.7. The van der Waals surface area contributed by atoms with Crippen LogP contribution >= 0.6 is 0 Å². The maximum Gasteiger partial charge on any atom is 0.257 e. The van der Waals surface area contributed by atoms with E-state index >= 15 is 0 Å². The summed E-state index contributed by atoms with van der Waals surface area (Å²) in [5.41, 5.74) is 0.1000. The van der Waals surface area contributed by atoms with E-state index in [1.807, 2.05) is 0 Å². The summed E-state index contributed by atoms with van der Waals surface area (Å²) >= 11 is 0. The summed E-state index contributed by atoms with van der Waals surface area (Å²) in [4.78, 5) is 25.6. The standard InChI is InChI=1S/C16H20FNO2/c1-12(19)11-13-7-3-2-6-10-18(13)16(20)14-8-4-5-9-15(14)17/h4-5,8-9,13H,2-3,6-7,10-11H2,1H3. The van der Waals surface area contributed by atoms with Gasteiger partial charge in [0.2, 0.25) is 0 Å². The molecular weight excluding hydrogens is 257 g/mol.